The van der Waals surface area contributed by atoms with Crippen LogP contribution in [0.25, 0.3) is 10.6 Å². The van der Waals surface area contributed by atoms with Crippen molar-refractivity contribution in [2.24, 2.45) is 0 Å². The molecule has 1 aliphatic rings. The average molecular weight is 501 g/mol. The summed E-state index contributed by atoms with van der Waals surface area (Å²) in [4.78, 5) is 37.6. The lowest BCUT2D eigenvalue weighted by atomic mass is 10.2. The molecule has 3 aromatic rings. The Hall–Kier alpha value is -2.98. The summed E-state index contributed by atoms with van der Waals surface area (Å²) >= 11 is 2.91. The van der Waals surface area contributed by atoms with Crippen LogP contribution in [0.4, 0.5) is 9.93 Å². The minimum Gasteiger partial charge on any atom is -0.488 e. The number of carbonyl (C=O) groups excluding carboxylic acids is 2. The quantitative estimate of drug-likeness (QED) is 0.512. The second-order valence-corrected chi connectivity index (χ2v) is 11.2. The zero-order valence-corrected chi connectivity index (χ0v) is 21.5. The average Bonchev–Trinajstić information content (AvgIpc) is 3.46. The van der Waals surface area contributed by atoms with Gasteiger partial charge in [-0.1, -0.05) is 18.2 Å². The number of benzene rings is 1. The van der Waals surface area contributed by atoms with Gasteiger partial charge in [0.2, 0.25) is 5.91 Å². The Morgan fingerprint density at radius 3 is 2.53 bits per heavy atom. The van der Waals surface area contributed by atoms with Crippen molar-refractivity contribution >= 4 is 39.8 Å². The summed E-state index contributed by atoms with van der Waals surface area (Å²) in [5.74, 6) is 0.376. The second-order valence-electron chi connectivity index (χ2n) is 9.11. The lowest BCUT2D eigenvalue weighted by molar-refractivity contribution is -0.120. The number of anilines is 1. The molecule has 0 radical (unpaired) electrons. The number of aryl methyl sites for hydroxylation is 2. The highest BCUT2D eigenvalue weighted by Gasteiger charge is 2.42. The summed E-state index contributed by atoms with van der Waals surface area (Å²) in [6.07, 6.45) is -0.520. The van der Waals surface area contributed by atoms with Gasteiger partial charge in [0.05, 0.1) is 27.8 Å². The Morgan fingerprint density at radius 2 is 1.88 bits per heavy atom. The molecule has 0 spiro atoms. The molecule has 2 aromatic heterocycles. The van der Waals surface area contributed by atoms with E-state index in [2.05, 4.69) is 15.3 Å². The van der Waals surface area contributed by atoms with Crippen LogP contribution in [0.2, 0.25) is 0 Å². The zero-order chi connectivity index (χ0) is 24.5. The van der Waals surface area contributed by atoms with Crippen LogP contribution in [0, 0.1) is 13.8 Å². The highest BCUT2D eigenvalue weighted by Crippen LogP contribution is 2.33. The van der Waals surface area contributed by atoms with Crippen molar-refractivity contribution in [2.45, 2.75) is 58.8 Å². The maximum atomic E-state index is 13.3. The van der Waals surface area contributed by atoms with Crippen LogP contribution in [0.15, 0.2) is 35.7 Å². The molecule has 0 bridgehead atoms. The third-order valence-corrected chi connectivity index (χ3v) is 6.96. The van der Waals surface area contributed by atoms with Crippen LogP contribution in [0.1, 0.15) is 37.9 Å². The highest BCUT2D eigenvalue weighted by atomic mass is 32.1. The van der Waals surface area contributed by atoms with Gasteiger partial charge in [-0.05, 0) is 46.8 Å². The minimum atomic E-state index is -0.733. The van der Waals surface area contributed by atoms with E-state index in [-0.39, 0.29) is 18.6 Å². The van der Waals surface area contributed by atoms with Crippen molar-refractivity contribution in [3.63, 3.8) is 0 Å². The molecule has 180 valence electrons. The molecule has 1 aromatic carbocycles. The summed E-state index contributed by atoms with van der Waals surface area (Å²) in [6.45, 7) is 9.55. The third-order valence-electron chi connectivity index (χ3n) is 5.11. The molecule has 2 amide bonds. The van der Waals surface area contributed by atoms with Gasteiger partial charge in [0.15, 0.2) is 5.13 Å². The largest absolute Gasteiger partial charge is 0.488 e. The van der Waals surface area contributed by atoms with E-state index in [4.69, 9.17) is 9.47 Å². The smallest absolute Gasteiger partial charge is 0.411 e. The summed E-state index contributed by atoms with van der Waals surface area (Å²) < 4.78 is 11.6. The van der Waals surface area contributed by atoms with Gasteiger partial charge in [-0.2, -0.15) is 0 Å². The van der Waals surface area contributed by atoms with Crippen LogP contribution >= 0.6 is 22.7 Å². The fourth-order valence-corrected chi connectivity index (χ4v) is 5.40. The normalized spacial score (nSPS) is 18.1. The van der Waals surface area contributed by atoms with Crippen molar-refractivity contribution in [2.75, 3.05) is 11.9 Å². The Kier molecular flexibility index (Phi) is 6.90. The number of amides is 2. The summed E-state index contributed by atoms with van der Waals surface area (Å²) in [7, 11) is 0. The summed E-state index contributed by atoms with van der Waals surface area (Å²) in [5.41, 5.74) is 1.02. The molecule has 1 saturated heterocycles. The number of ether oxygens (including phenoxy) is 2. The topological polar surface area (TPSA) is 93.7 Å². The van der Waals surface area contributed by atoms with Crippen LogP contribution < -0.4 is 10.1 Å². The van der Waals surface area contributed by atoms with Gasteiger partial charge >= 0.3 is 6.09 Å². The molecule has 10 heteroatoms. The third kappa shape index (κ3) is 5.74. The number of nitrogens with zero attached hydrogens (tertiary/aromatic N) is 3. The predicted molar refractivity (Wildman–Crippen MR) is 134 cm³/mol. The fraction of sp³-hybridized carbons (Fsp3) is 0.417. The van der Waals surface area contributed by atoms with Crippen molar-refractivity contribution < 1.29 is 19.1 Å². The van der Waals surface area contributed by atoms with Gasteiger partial charge in [-0.15, -0.1) is 22.7 Å². The maximum absolute atomic E-state index is 13.3. The van der Waals surface area contributed by atoms with Gasteiger partial charge in [0, 0.05) is 11.8 Å². The molecule has 8 nitrogen and oxygen atoms in total. The molecule has 0 saturated carbocycles. The number of para-hydroxylation sites is 1. The molecule has 1 N–H and O–H groups in total. The first-order valence-corrected chi connectivity index (χ1v) is 12.7. The number of likely N-dealkylation sites (tertiary alicyclic amines) is 1. The van der Waals surface area contributed by atoms with Crippen molar-refractivity contribution in [3.05, 3.63) is 46.4 Å². The molecule has 34 heavy (non-hydrogen) atoms. The Balaban J connectivity index is 1.50. The number of hydrogen-bond acceptors (Lipinski definition) is 8. The van der Waals surface area contributed by atoms with Crippen LogP contribution in [-0.4, -0.2) is 51.2 Å². The number of aromatic nitrogens is 2. The van der Waals surface area contributed by atoms with E-state index in [1.807, 2.05) is 49.6 Å². The van der Waals surface area contributed by atoms with Gasteiger partial charge in [0.25, 0.3) is 0 Å². The number of rotatable bonds is 5. The van der Waals surface area contributed by atoms with E-state index in [0.29, 0.717) is 17.3 Å². The second kappa shape index (κ2) is 9.71. The summed E-state index contributed by atoms with van der Waals surface area (Å²) in [5, 5.41) is 6.22. The maximum Gasteiger partial charge on any atom is 0.411 e. The number of hydrogen-bond donors (Lipinski definition) is 1. The first-order valence-electron chi connectivity index (χ1n) is 11.0. The molecule has 1 aliphatic heterocycles. The van der Waals surface area contributed by atoms with E-state index < -0.39 is 17.7 Å². The molecule has 3 heterocycles. The van der Waals surface area contributed by atoms with Crippen molar-refractivity contribution in [3.8, 4) is 16.3 Å². The molecular formula is C24H28N4O4S2. The van der Waals surface area contributed by atoms with Gasteiger partial charge in [-0.25, -0.2) is 14.8 Å². The van der Waals surface area contributed by atoms with E-state index in [0.717, 1.165) is 21.3 Å². The van der Waals surface area contributed by atoms with E-state index >= 15 is 0 Å². The first-order chi connectivity index (χ1) is 16.1. The Labute approximate surface area is 206 Å². The zero-order valence-electron chi connectivity index (χ0n) is 19.8. The van der Waals surface area contributed by atoms with E-state index in [1.54, 1.807) is 32.1 Å². The van der Waals surface area contributed by atoms with Crippen LogP contribution in [0.3, 0.4) is 0 Å². The molecule has 0 unspecified atom stereocenters. The molecule has 1 fully saturated rings. The van der Waals surface area contributed by atoms with Crippen molar-refractivity contribution in [1.82, 2.24) is 14.9 Å². The van der Waals surface area contributed by atoms with E-state index in [9.17, 15) is 9.59 Å². The van der Waals surface area contributed by atoms with Gasteiger partial charge in [-0.3, -0.25) is 9.69 Å². The van der Waals surface area contributed by atoms with Crippen molar-refractivity contribution in [1.29, 1.82) is 0 Å². The van der Waals surface area contributed by atoms with Crippen LogP contribution in [0.5, 0.6) is 5.75 Å². The highest BCUT2D eigenvalue weighted by molar-refractivity contribution is 7.16. The first kappa shape index (κ1) is 24.2. The predicted octanol–water partition coefficient (Wildman–Crippen LogP) is 5.28. The minimum absolute atomic E-state index is 0.254. The van der Waals surface area contributed by atoms with E-state index in [1.165, 1.54) is 16.2 Å². The lowest BCUT2D eigenvalue weighted by Crippen LogP contribution is -2.45. The standard InChI is InChI=1S/C24H28N4O4S2/c1-14-20(34-15(2)25-14)18-13-33-22(26-18)27-21(29)19-11-17(31-16-9-7-6-8-10-16)12-28(19)23(30)32-24(3,4)5/h6-10,13,17,19H,11-12H2,1-5H3,(H,26,27,29)/t17-,19+/m0/s1. The number of carbonyl (C=O) groups is 2. The molecular weight excluding hydrogens is 472 g/mol. The van der Waals surface area contributed by atoms with Gasteiger partial charge in [0.1, 0.15) is 23.5 Å². The number of thiazole rings is 2. The Morgan fingerprint density at radius 1 is 1.15 bits per heavy atom. The SMILES string of the molecule is Cc1nc(C)c(-c2csc(NC(=O)[C@H]3C[C@H](Oc4ccccc4)CN3C(=O)OC(C)(C)C)n2)s1. The number of nitrogens with one attached hydrogen (secondary N) is 1. The lowest BCUT2D eigenvalue weighted by Gasteiger charge is -2.27. The molecule has 0 aliphatic carbocycles. The summed E-state index contributed by atoms with van der Waals surface area (Å²) in [6, 6.07) is 8.64. The fourth-order valence-electron chi connectivity index (χ4n) is 3.74. The van der Waals surface area contributed by atoms with Crippen LogP contribution in [-0.2, 0) is 9.53 Å². The monoisotopic (exact) mass is 500 g/mol. The Bertz CT molecular complexity index is 1170. The molecule has 4 rings (SSSR count). The molecule has 2 atom stereocenters. The van der Waals surface area contributed by atoms with Gasteiger partial charge < -0.3 is 14.8 Å².